The Balaban J connectivity index is 1.39. The molecule has 1 fully saturated rings. The van der Waals surface area contributed by atoms with Gasteiger partial charge in [0.05, 0.1) is 0 Å². The highest BCUT2D eigenvalue weighted by Crippen LogP contribution is 2.34. The zero-order chi connectivity index (χ0) is 20.1. The van der Waals surface area contributed by atoms with Crippen molar-refractivity contribution in [2.45, 2.75) is 22.8 Å². The van der Waals surface area contributed by atoms with Crippen LogP contribution < -0.4 is 10.2 Å². The minimum Gasteiger partial charge on any atom is -0.354 e. The van der Waals surface area contributed by atoms with Crippen molar-refractivity contribution in [1.82, 2.24) is 9.97 Å². The normalized spacial score (nSPS) is 14.6. The molecular formula is C22H21ClN4OS. The van der Waals surface area contributed by atoms with Crippen LogP contribution in [0.5, 0.6) is 0 Å². The number of anilines is 2. The molecule has 3 aromatic rings. The number of rotatable bonds is 5. The number of hydrogen-bond acceptors (Lipinski definition) is 5. The summed E-state index contributed by atoms with van der Waals surface area (Å²) in [6, 6.07) is 17.4. The summed E-state index contributed by atoms with van der Waals surface area (Å²) in [4.78, 5) is 25.1. The van der Waals surface area contributed by atoms with Gasteiger partial charge in [0.25, 0.3) is 0 Å². The van der Waals surface area contributed by atoms with Crippen LogP contribution in [0.2, 0.25) is 5.02 Å². The van der Waals surface area contributed by atoms with Crippen LogP contribution in [0.3, 0.4) is 0 Å². The topological polar surface area (TPSA) is 58.1 Å². The Bertz CT molecular complexity index is 977. The maximum atomic E-state index is 12.6. The Morgan fingerprint density at radius 3 is 2.55 bits per heavy atom. The van der Waals surface area contributed by atoms with E-state index in [0.717, 1.165) is 47.4 Å². The van der Waals surface area contributed by atoms with E-state index < -0.39 is 0 Å². The predicted molar refractivity (Wildman–Crippen MR) is 118 cm³/mol. The van der Waals surface area contributed by atoms with Crippen molar-refractivity contribution in [2.24, 2.45) is 5.92 Å². The molecule has 0 spiro atoms. The molecule has 1 aliphatic heterocycles. The number of carbonyl (C=O) groups excluding carboxylic acids is 1. The molecule has 4 rings (SSSR count). The van der Waals surface area contributed by atoms with Crippen molar-refractivity contribution in [3.63, 3.8) is 0 Å². The van der Waals surface area contributed by atoms with Gasteiger partial charge in [-0.05, 0) is 43.2 Å². The molecule has 1 aliphatic rings. The predicted octanol–water partition coefficient (Wildman–Crippen LogP) is 5.14. The lowest BCUT2D eigenvalue weighted by Gasteiger charge is -2.32. The SMILES string of the molecule is O=C(Nc1cccc(Cl)c1)C1CCN(c2nccnc2Sc2ccccc2)CC1. The summed E-state index contributed by atoms with van der Waals surface area (Å²) in [6.45, 7) is 1.54. The number of carbonyl (C=O) groups is 1. The molecule has 2 heterocycles. The summed E-state index contributed by atoms with van der Waals surface area (Å²) < 4.78 is 0. The van der Waals surface area contributed by atoms with Crippen molar-refractivity contribution in [1.29, 1.82) is 0 Å². The molecular weight excluding hydrogens is 404 g/mol. The second-order valence-electron chi connectivity index (χ2n) is 6.86. The first kappa shape index (κ1) is 19.7. The third-order valence-electron chi connectivity index (χ3n) is 4.86. The minimum atomic E-state index is -0.0212. The molecule has 148 valence electrons. The number of amides is 1. The van der Waals surface area contributed by atoms with Gasteiger partial charge in [0.15, 0.2) is 5.82 Å². The number of benzene rings is 2. The van der Waals surface area contributed by atoms with Crippen LogP contribution >= 0.6 is 23.4 Å². The molecule has 0 radical (unpaired) electrons. The summed E-state index contributed by atoms with van der Waals surface area (Å²) in [6.07, 6.45) is 5.00. The molecule has 2 aromatic carbocycles. The smallest absolute Gasteiger partial charge is 0.227 e. The Hall–Kier alpha value is -2.57. The Morgan fingerprint density at radius 1 is 1.03 bits per heavy atom. The lowest BCUT2D eigenvalue weighted by atomic mass is 9.96. The number of halogens is 1. The molecule has 7 heteroatoms. The highest BCUT2D eigenvalue weighted by atomic mass is 35.5. The lowest BCUT2D eigenvalue weighted by molar-refractivity contribution is -0.120. The first-order valence-corrected chi connectivity index (χ1v) is 10.7. The lowest BCUT2D eigenvalue weighted by Crippen LogP contribution is -2.38. The van der Waals surface area contributed by atoms with Gasteiger partial charge in [0.1, 0.15) is 5.03 Å². The molecule has 0 atom stereocenters. The standard InChI is InChI=1S/C22H21ClN4OS/c23-17-5-4-6-18(15-17)26-21(28)16-9-13-27(14-10-16)20-22(25-12-11-24-20)29-19-7-2-1-3-8-19/h1-8,11-12,15-16H,9-10,13-14H2,(H,26,28). The van der Waals surface area contributed by atoms with Crippen LogP contribution in [0.4, 0.5) is 11.5 Å². The third kappa shape index (κ3) is 5.08. The Morgan fingerprint density at radius 2 is 1.79 bits per heavy atom. The number of nitrogens with one attached hydrogen (secondary N) is 1. The molecule has 5 nitrogen and oxygen atoms in total. The van der Waals surface area contributed by atoms with Gasteiger partial charge in [0, 0.05) is 47.0 Å². The monoisotopic (exact) mass is 424 g/mol. The Labute approximate surface area is 179 Å². The molecule has 0 bridgehead atoms. The van der Waals surface area contributed by atoms with Gasteiger partial charge in [-0.2, -0.15) is 0 Å². The van der Waals surface area contributed by atoms with Crippen molar-refractivity contribution in [3.8, 4) is 0 Å². The second kappa shape index (κ2) is 9.29. The Kier molecular flexibility index (Phi) is 6.32. The van der Waals surface area contributed by atoms with E-state index in [4.69, 9.17) is 11.6 Å². The third-order valence-corrected chi connectivity index (χ3v) is 6.09. The van der Waals surface area contributed by atoms with Crippen LogP contribution in [0, 0.1) is 5.92 Å². The van der Waals surface area contributed by atoms with E-state index in [1.807, 2.05) is 30.3 Å². The van der Waals surface area contributed by atoms with E-state index in [9.17, 15) is 4.79 Å². The molecule has 1 amide bonds. The van der Waals surface area contributed by atoms with Crippen molar-refractivity contribution >= 4 is 40.8 Å². The number of piperidine rings is 1. The molecule has 0 unspecified atom stereocenters. The van der Waals surface area contributed by atoms with Crippen LogP contribution in [0.1, 0.15) is 12.8 Å². The van der Waals surface area contributed by atoms with Gasteiger partial charge in [-0.1, -0.05) is 47.6 Å². The molecule has 1 aromatic heterocycles. The van der Waals surface area contributed by atoms with E-state index in [1.165, 1.54) is 0 Å². The molecule has 0 saturated carbocycles. The largest absolute Gasteiger partial charge is 0.354 e. The average Bonchev–Trinajstić information content (AvgIpc) is 2.75. The van der Waals surface area contributed by atoms with Crippen molar-refractivity contribution in [3.05, 3.63) is 72.0 Å². The van der Waals surface area contributed by atoms with E-state index in [2.05, 4.69) is 32.3 Å². The number of nitrogens with zero attached hydrogens (tertiary/aromatic N) is 3. The maximum absolute atomic E-state index is 12.6. The zero-order valence-corrected chi connectivity index (χ0v) is 17.4. The summed E-state index contributed by atoms with van der Waals surface area (Å²) in [5.74, 6) is 0.909. The van der Waals surface area contributed by atoms with E-state index in [-0.39, 0.29) is 11.8 Å². The average molecular weight is 425 g/mol. The molecule has 0 aliphatic carbocycles. The summed E-state index contributed by atoms with van der Waals surface area (Å²) in [5.41, 5.74) is 0.736. The fourth-order valence-electron chi connectivity index (χ4n) is 3.37. The van der Waals surface area contributed by atoms with Crippen molar-refractivity contribution < 1.29 is 4.79 Å². The van der Waals surface area contributed by atoms with Gasteiger partial charge in [-0.25, -0.2) is 9.97 Å². The summed E-state index contributed by atoms with van der Waals surface area (Å²) in [5, 5.41) is 4.48. The first-order valence-electron chi connectivity index (χ1n) is 9.54. The van der Waals surface area contributed by atoms with Crippen molar-refractivity contribution in [2.75, 3.05) is 23.3 Å². The first-order chi connectivity index (χ1) is 14.2. The highest BCUT2D eigenvalue weighted by molar-refractivity contribution is 7.99. The van der Waals surface area contributed by atoms with Gasteiger partial charge in [-0.15, -0.1) is 0 Å². The fourth-order valence-corrected chi connectivity index (χ4v) is 4.46. The van der Waals surface area contributed by atoms with Gasteiger partial charge >= 0.3 is 0 Å². The molecule has 1 N–H and O–H groups in total. The van der Waals surface area contributed by atoms with Gasteiger partial charge in [0.2, 0.25) is 5.91 Å². The maximum Gasteiger partial charge on any atom is 0.227 e. The zero-order valence-electron chi connectivity index (χ0n) is 15.8. The molecule has 29 heavy (non-hydrogen) atoms. The van der Waals surface area contributed by atoms with E-state index >= 15 is 0 Å². The summed E-state index contributed by atoms with van der Waals surface area (Å²) in [7, 11) is 0. The van der Waals surface area contributed by atoms with Crippen LogP contribution in [0.25, 0.3) is 0 Å². The summed E-state index contributed by atoms with van der Waals surface area (Å²) >= 11 is 7.61. The van der Waals surface area contributed by atoms with Crippen LogP contribution in [-0.4, -0.2) is 29.0 Å². The molecule has 1 saturated heterocycles. The van der Waals surface area contributed by atoms with Gasteiger partial charge in [-0.3, -0.25) is 4.79 Å². The minimum absolute atomic E-state index is 0.0212. The van der Waals surface area contributed by atoms with Crippen LogP contribution in [-0.2, 0) is 4.79 Å². The quantitative estimate of drug-likeness (QED) is 0.614. The van der Waals surface area contributed by atoms with E-state index in [0.29, 0.717) is 5.02 Å². The fraction of sp³-hybridized carbons (Fsp3) is 0.227. The highest BCUT2D eigenvalue weighted by Gasteiger charge is 2.27. The van der Waals surface area contributed by atoms with E-state index in [1.54, 1.807) is 36.3 Å². The number of aromatic nitrogens is 2. The van der Waals surface area contributed by atoms with Crippen LogP contribution in [0.15, 0.2) is 76.9 Å². The number of hydrogen-bond donors (Lipinski definition) is 1. The second-order valence-corrected chi connectivity index (χ2v) is 8.36. The van der Waals surface area contributed by atoms with Gasteiger partial charge < -0.3 is 10.2 Å².